The van der Waals surface area contributed by atoms with Gasteiger partial charge in [0, 0.05) is 0 Å². The van der Waals surface area contributed by atoms with E-state index in [1.165, 1.54) is 19.2 Å². The van der Waals surface area contributed by atoms with Crippen molar-refractivity contribution in [1.82, 2.24) is 0 Å². The second-order valence-corrected chi connectivity index (χ2v) is 6.42. The van der Waals surface area contributed by atoms with E-state index in [-0.39, 0.29) is 10.6 Å². The van der Waals surface area contributed by atoms with E-state index in [1.54, 1.807) is 12.1 Å². The van der Waals surface area contributed by atoms with E-state index in [4.69, 9.17) is 16.3 Å². The van der Waals surface area contributed by atoms with Crippen LogP contribution in [0.2, 0.25) is 5.02 Å². The standard InChI is InChI=1S/C13H17ClO3S/c1-3-4-5-6-9-18(15,16)11-7-8-13(17-2)12(14)10-11/h3,7-8,10H,1,4-6,9H2,2H3. The van der Waals surface area contributed by atoms with Gasteiger partial charge < -0.3 is 4.74 Å². The SMILES string of the molecule is C=CCCCCS(=O)(=O)c1ccc(OC)c(Cl)c1. The summed E-state index contributed by atoms with van der Waals surface area (Å²) in [7, 11) is -1.77. The van der Waals surface area contributed by atoms with E-state index >= 15 is 0 Å². The summed E-state index contributed by atoms with van der Waals surface area (Å²) in [6.07, 6.45) is 4.07. The first kappa shape index (κ1) is 15.1. The van der Waals surface area contributed by atoms with Crippen LogP contribution in [0.3, 0.4) is 0 Å². The molecule has 0 aliphatic rings. The highest BCUT2D eigenvalue weighted by molar-refractivity contribution is 7.91. The molecule has 1 rings (SSSR count). The number of halogens is 1. The minimum atomic E-state index is -3.26. The Hall–Kier alpha value is -1.00. The van der Waals surface area contributed by atoms with E-state index in [0.717, 1.165) is 12.8 Å². The molecule has 0 N–H and O–H groups in total. The lowest BCUT2D eigenvalue weighted by Gasteiger charge is -2.07. The van der Waals surface area contributed by atoms with Crippen LogP contribution in [-0.2, 0) is 9.84 Å². The Morgan fingerprint density at radius 2 is 2.11 bits per heavy atom. The molecular formula is C13H17ClO3S. The molecule has 1 aromatic carbocycles. The summed E-state index contributed by atoms with van der Waals surface area (Å²) < 4.78 is 29.0. The van der Waals surface area contributed by atoms with Crippen LogP contribution in [0.5, 0.6) is 5.75 Å². The average molecular weight is 289 g/mol. The maximum atomic E-state index is 12.0. The predicted octanol–water partition coefficient (Wildman–Crippen LogP) is 3.48. The number of methoxy groups -OCH3 is 1. The number of allylic oxidation sites excluding steroid dienone is 1. The summed E-state index contributed by atoms with van der Waals surface area (Å²) in [5, 5.41) is 0.310. The molecule has 0 saturated heterocycles. The molecule has 5 heteroatoms. The molecule has 0 heterocycles. The number of unbranched alkanes of at least 4 members (excludes halogenated alkanes) is 2. The third-order valence-electron chi connectivity index (χ3n) is 2.55. The van der Waals surface area contributed by atoms with E-state index in [2.05, 4.69) is 6.58 Å². The first-order chi connectivity index (χ1) is 8.51. The first-order valence-electron chi connectivity index (χ1n) is 5.68. The van der Waals surface area contributed by atoms with Gasteiger partial charge in [-0.05, 0) is 37.5 Å². The highest BCUT2D eigenvalue weighted by Gasteiger charge is 2.15. The quantitative estimate of drug-likeness (QED) is 0.570. The molecule has 0 radical (unpaired) electrons. The number of rotatable bonds is 7. The molecular weight excluding hydrogens is 272 g/mol. The van der Waals surface area contributed by atoms with E-state index in [0.29, 0.717) is 17.2 Å². The van der Waals surface area contributed by atoms with Crippen LogP contribution in [0.4, 0.5) is 0 Å². The number of hydrogen-bond donors (Lipinski definition) is 0. The molecule has 0 saturated carbocycles. The third-order valence-corrected chi connectivity index (χ3v) is 4.65. The van der Waals surface area contributed by atoms with Crippen molar-refractivity contribution < 1.29 is 13.2 Å². The topological polar surface area (TPSA) is 43.4 Å². The predicted molar refractivity (Wildman–Crippen MR) is 74.1 cm³/mol. The second kappa shape index (κ2) is 6.81. The zero-order valence-corrected chi connectivity index (χ0v) is 11.9. The van der Waals surface area contributed by atoms with Crippen LogP contribution in [-0.4, -0.2) is 21.3 Å². The summed E-state index contributed by atoms with van der Waals surface area (Å²) >= 11 is 5.92. The lowest BCUT2D eigenvalue weighted by atomic mass is 10.2. The highest BCUT2D eigenvalue weighted by Crippen LogP contribution is 2.27. The van der Waals surface area contributed by atoms with Crippen LogP contribution in [0, 0.1) is 0 Å². The maximum absolute atomic E-state index is 12.0. The zero-order valence-electron chi connectivity index (χ0n) is 10.4. The molecule has 0 aliphatic heterocycles. The number of ether oxygens (including phenoxy) is 1. The van der Waals surface area contributed by atoms with Crippen molar-refractivity contribution >= 4 is 21.4 Å². The van der Waals surface area contributed by atoms with Gasteiger partial charge in [-0.15, -0.1) is 6.58 Å². The van der Waals surface area contributed by atoms with Crippen LogP contribution >= 0.6 is 11.6 Å². The molecule has 0 aliphatic carbocycles. The molecule has 0 amide bonds. The van der Waals surface area contributed by atoms with Gasteiger partial charge in [0.2, 0.25) is 0 Å². The summed E-state index contributed by atoms with van der Waals surface area (Å²) in [6.45, 7) is 3.60. The van der Waals surface area contributed by atoms with Crippen molar-refractivity contribution in [3.63, 3.8) is 0 Å². The fraction of sp³-hybridized carbons (Fsp3) is 0.385. The number of sulfone groups is 1. The molecule has 0 spiro atoms. The van der Waals surface area contributed by atoms with Crippen molar-refractivity contribution in [2.45, 2.75) is 24.2 Å². The number of benzene rings is 1. The Labute approximate surface area is 113 Å². The van der Waals surface area contributed by atoms with Gasteiger partial charge in [0.25, 0.3) is 0 Å². The Bertz CT molecular complexity index is 509. The molecule has 0 aromatic heterocycles. The van der Waals surface area contributed by atoms with Crippen molar-refractivity contribution in [3.8, 4) is 5.75 Å². The average Bonchev–Trinajstić information content (AvgIpc) is 2.34. The molecule has 3 nitrogen and oxygen atoms in total. The van der Waals surface area contributed by atoms with E-state index < -0.39 is 9.84 Å². The van der Waals surface area contributed by atoms with Crippen molar-refractivity contribution in [3.05, 3.63) is 35.9 Å². The number of hydrogen-bond acceptors (Lipinski definition) is 3. The first-order valence-corrected chi connectivity index (χ1v) is 7.71. The fourth-order valence-corrected chi connectivity index (χ4v) is 3.25. The summed E-state index contributed by atoms with van der Waals surface area (Å²) in [5.74, 6) is 0.603. The summed E-state index contributed by atoms with van der Waals surface area (Å²) in [4.78, 5) is 0.243. The normalized spacial score (nSPS) is 11.2. The fourth-order valence-electron chi connectivity index (χ4n) is 1.54. The summed E-state index contributed by atoms with van der Waals surface area (Å²) in [5.41, 5.74) is 0. The lowest BCUT2D eigenvalue weighted by molar-refractivity contribution is 0.414. The second-order valence-electron chi connectivity index (χ2n) is 3.90. The van der Waals surface area contributed by atoms with E-state index in [1.807, 2.05) is 0 Å². The maximum Gasteiger partial charge on any atom is 0.178 e. The van der Waals surface area contributed by atoms with Crippen molar-refractivity contribution in [2.75, 3.05) is 12.9 Å². The molecule has 18 heavy (non-hydrogen) atoms. The largest absolute Gasteiger partial charge is 0.495 e. The third kappa shape index (κ3) is 4.03. The monoisotopic (exact) mass is 288 g/mol. The van der Waals surface area contributed by atoms with Crippen LogP contribution < -0.4 is 4.74 Å². The van der Waals surface area contributed by atoms with E-state index in [9.17, 15) is 8.42 Å². The smallest absolute Gasteiger partial charge is 0.178 e. The minimum absolute atomic E-state index is 0.128. The Morgan fingerprint density at radius 1 is 1.39 bits per heavy atom. The van der Waals surface area contributed by atoms with Gasteiger partial charge >= 0.3 is 0 Å². The summed E-state index contributed by atoms with van der Waals surface area (Å²) in [6, 6.07) is 4.52. The molecule has 0 atom stereocenters. The van der Waals surface area contributed by atoms with Gasteiger partial charge in [0.05, 0.1) is 22.8 Å². The molecule has 100 valence electrons. The molecule has 0 unspecified atom stereocenters. The van der Waals surface area contributed by atoms with Gasteiger partial charge in [-0.25, -0.2) is 8.42 Å². The molecule has 0 bridgehead atoms. The Kier molecular flexibility index (Phi) is 5.69. The van der Waals surface area contributed by atoms with Gasteiger partial charge in [0.1, 0.15) is 5.75 Å². The molecule has 1 aromatic rings. The minimum Gasteiger partial charge on any atom is -0.495 e. The van der Waals surface area contributed by atoms with Crippen LogP contribution in [0.25, 0.3) is 0 Å². The lowest BCUT2D eigenvalue weighted by Crippen LogP contribution is -2.06. The zero-order chi connectivity index (χ0) is 13.6. The van der Waals surface area contributed by atoms with Crippen LogP contribution in [0.1, 0.15) is 19.3 Å². The van der Waals surface area contributed by atoms with Gasteiger partial charge in [0.15, 0.2) is 9.84 Å². The molecule has 0 fully saturated rings. The van der Waals surface area contributed by atoms with Gasteiger partial charge in [-0.3, -0.25) is 0 Å². The van der Waals surface area contributed by atoms with Crippen molar-refractivity contribution in [1.29, 1.82) is 0 Å². The Balaban J connectivity index is 2.78. The van der Waals surface area contributed by atoms with Gasteiger partial charge in [-0.1, -0.05) is 17.7 Å². The Morgan fingerprint density at radius 3 is 2.67 bits per heavy atom. The van der Waals surface area contributed by atoms with Crippen molar-refractivity contribution in [2.24, 2.45) is 0 Å². The van der Waals surface area contributed by atoms with Crippen LogP contribution in [0.15, 0.2) is 35.7 Å². The van der Waals surface area contributed by atoms with Gasteiger partial charge in [-0.2, -0.15) is 0 Å². The highest BCUT2D eigenvalue weighted by atomic mass is 35.5.